The van der Waals surface area contributed by atoms with Crippen molar-refractivity contribution in [3.8, 4) is 0 Å². The summed E-state index contributed by atoms with van der Waals surface area (Å²) in [5.74, 6) is -1.16. The van der Waals surface area contributed by atoms with Crippen molar-refractivity contribution in [2.24, 2.45) is 13.0 Å². The Hall–Kier alpha value is -5.01. The number of rotatable bonds is 5. The minimum Gasteiger partial charge on any atom is -0.382 e. The first kappa shape index (κ1) is 32.2. The number of halogens is 1. The van der Waals surface area contributed by atoms with E-state index < -0.39 is 29.7 Å². The fraction of sp³-hybridized carbons (Fsp3) is 0.389. The number of imide groups is 2. The summed E-state index contributed by atoms with van der Waals surface area (Å²) >= 11 is 6.38. The van der Waals surface area contributed by atoms with E-state index in [0.29, 0.717) is 44.3 Å². The van der Waals surface area contributed by atoms with Gasteiger partial charge in [-0.2, -0.15) is 0 Å². The van der Waals surface area contributed by atoms with Crippen molar-refractivity contribution in [3.05, 3.63) is 68.8 Å². The summed E-state index contributed by atoms with van der Waals surface area (Å²) < 4.78 is 1.95. The number of carbonyl (C=O) groups excluding carboxylic acids is 4. The van der Waals surface area contributed by atoms with Crippen LogP contribution >= 0.6 is 11.6 Å². The molecule has 3 N–H and O–H groups in total. The van der Waals surface area contributed by atoms with Gasteiger partial charge in [-0.3, -0.25) is 39.1 Å². The lowest BCUT2D eigenvalue weighted by Gasteiger charge is -2.40. The van der Waals surface area contributed by atoms with Crippen LogP contribution in [0.2, 0.25) is 5.02 Å². The van der Waals surface area contributed by atoms with Crippen LogP contribution in [0.1, 0.15) is 46.4 Å². The van der Waals surface area contributed by atoms with Crippen LogP contribution in [0.5, 0.6) is 0 Å². The van der Waals surface area contributed by atoms with Crippen molar-refractivity contribution in [3.63, 3.8) is 0 Å². The van der Waals surface area contributed by atoms with Gasteiger partial charge in [-0.05, 0) is 55.5 Å². The number of anilines is 3. The summed E-state index contributed by atoms with van der Waals surface area (Å²) in [7, 11) is 1.91. The molecule has 0 spiro atoms. The number of pyridine rings is 2. The lowest BCUT2D eigenvalue weighted by molar-refractivity contribution is -0.136. The number of piperidine rings is 2. The topological polar surface area (TPSA) is 154 Å². The molecule has 4 aliphatic rings. The SMILES string of the molecule is Cn1c2cc(N3CCN(CC4CCN(c5cccc6c5C(=O)N(C5CCC(=O)NC5=O)C6=O)CC4)CC3)c(N)nc2c(=O)c2c(Cl)cccc21. The van der Waals surface area contributed by atoms with Crippen molar-refractivity contribution in [1.82, 2.24) is 24.7 Å². The molecule has 4 aromatic rings. The fourth-order valence-electron chi connectivity index (χ4n) is 8.10. The van der Waals surface area contributed by atoms with Gasteiger partial charge in [0.1, 0.15) is 17.4 Å². The van der Waals surface area contributed by atoms with Crippen molar-refractivity contribution in [2.75, 3.05) is 61.3 Å². The Bertz CT molecular complexity index is 2170. The standard InChI is InChI=1S/C36H37ClN8O5/c1-41-23-6-3-5-22(37)30(23)32(47)31-26(41)18-27(33(38)40-31)44-16-14-42(15-17-44)19-20-10-12-43(13-11-20)24-7-2-4-21-29(24)36(50)45(35(21)49)25-8-9-28(46)39-34(25)48/h2-7,18,20,25H,8-17,19H2,1H3,(H2,38,40)(H,39,46,48). The van der Waals surface area contributed by atoms with Crippen LogP contribution in [0, 0.1) is 5.92 Å². The number of amides is 4. The minimum absolute atomic E-state index is 0.0871. The lowest BCUT2D eigenvalue weighted by atomic mass is 9.94. The quantitative estimate of drug-likeness (QED) is 0.235. The third-order valence-electron chi connectivity index (χ3n) is 10.8. The molecule has 6 heterocycles. The number of aryl methyl sites for hydroxylation is 1. The number of hydrogen-bond acceptors (Lipinski definition) is 10. The van der Waals surface area contributed by atoms with E-state index in [1.807, 2.05) is 35.9 Å². The molecule has 0 aliphatic carbocycles. The number of carbonyl (C=O) groups is 4. The molecule has 2 aromatic carbocycles. The van der Waals surface area contributed by atoms with E-state index in [-0.39, 0.29) is 18.3 Å². The molecule has 0 radical (unpaired) electrons. The van der Waals surface area contributed by atoms with E-state index in [2.05, 4.69) is 25.0 Å². The van der Waals surface area contributed by atoms with Gasteiger partial charge in [-0.1, -0.05) is 23.7 Å². The number of nitrogens with two attached hydrogens (primary N) is 1. The first-order valence-electron chi connectivity index (χ1n) is 17.0. The van der Waals surface area contributed by atoms with Crippen LogP contribution in [0.3, 0.4) is 0 Å². The maximum atomic E-state index is 13.6. The Morgan fingerprint density at radius 3 is 2.32 bits per heavy atom. The zero-order chi connectivity index (χ0) is 34.8. The Morgan fingerprint density at radius 1 is 0.860 bits per heavy atom. The van der Waals surface area contributed by atoms with Crippen LogP contribution in [0.15, 0.2) is 47.3 Å². The van der Waals surface area contributed by atoms with Crippen LogP contribution in [0.4, 0.5) is 17.2 Å². The normalized spacial score (nSPS) is 20.7. The molecular weight excluding hydrogens is 660 g/mol. The molecule has 0 bridgehead atoms. The number of hydrogen-bond donors (Lipinski definition) is 2. The summed E-state index contributed by atoms with van der Waals surface area (Å²) in [5.41, 5.74) is 10.2. The van der Waals surface area contributed by atoms with E-state index in [9.17, 15) is 24.0 Å². The maximum absolute atomic E-state index is 13.6. The minimum atomic E-state index is -0.984. The zero-order valence-electron chi connectivity index (χ0n) is 27.7. The van der Waals surface area contributed by atoms with Gasteiger partial charge in [0.2, 0.25) is 17.2 Å². The van der Waals surface area contributed by atoms with Gasteiger partial charge in [0.25, 0.3) is 11.8 Å². The molecule has 1 unspecified atom stereocenters. The molecule has 14 heteroatoms. The molecule has 0 saturated carbocycles. The van der Waals surface area contributed by atoms with E-state index in [1.165, 1.54) is 0 Å². The molecule has 4 amide bonds. The average molecular weight is 697 g/mol. The first-order valence-corrected chi connectivity index (χ1v) is 17.4. The van der Waals surface area contributed by atoms with E-state index in [0.717, 1.165) is 80.4 Å². The number of piperazine rings is 1. The lowest BCUT2D eigenvalue weighted by Crippen LogP contribution is -2.54. The Kier molecular flexibility index (Phi) is 7.98. The summed E-state index contributed by atoms with van der Waals surface area (Å²) in [5, 5.41) is 3.09. The third kappa shape index (κ3) is 5.26. The number of aromatic nitrogens is 2. The summed E-state index contributed by atoms with van der Waals surface area (Å²) in [4.78, 5) is 76.9. The second-order valence-electron chi connectivity index (χ2n) is 13.6. The molecule has 3 saturated heterocycles. The van der Waals surface area contributed by atoms with E-state index in [4.69, 9.17) is 17.3 Å². The van der Waals surface area contributed by atoms with Gasteiger partial charge in [-0.15, -0.1) is 0 Å². The van der Waals surface area contributed by atoms with Crippen LogP contribution in [0.25, 0.3) is 21.9 Å². The van der Waals surface area contributed by atoms with Crippen LogP contribution in [-0.4, -0.2) is 94.8 Å². The molecule has 13 nitrogen and oxygen atoms in total. The molecule has 1 atom stereocenters. The Labute approximate surface area is 292 Å². The van der Waals surface area contributed by atoms with Gasteiger partial charge in [0, 0.05) is 59.3 Å². The highest BCUT2D eigenvalue weighted by Crippen LogP contribution is 2.36. The van der Waals surface area contributed by atoms with Gasteiger partial charge in [-0.25, -0.2) is 4.98 Å². The van der Waals surface area contributed by atoms with Crippen molar-refractivity contribution < 1.29 is 19.2 Å². The second kappa shape index (κ2) is 12.4. The number of nitrogens with zero attached hydrogens (tertiary/aromatic N) is 6. The maximum Gasteiger partial charge on any atom is 0.264 e. The predicted octanol–water partition coefficient (Wildman–Crippen LogP) is 2.76. The van der Waals surface area contributed by atoms with Crippen molar-refractivity contribution in [1.29, 1.82) is 0 Å². The largest absolute Gasteiger partial charge is 0.382 e. The predicted molar refractivity (Wildman–Crippen MR) is 191 cm³/mol. The van der Waals surface area contributed by atoms with Crippen LogP contribution < -0.4 is 26.3 Å². The highest BCUT2D eigenvalue weighted by Gasteiger charge is 2.46. The molecule has 3 fully saturated rings. The molecule has 258 valence electrons. The zero-order valence-corrected chi connectivity index (χ0v) is 28.4. The smallest absolute Gasteiger partial charge is 0.264 e. The summed E-state index contributed by atoms with van der Waals surface area (Å²) in [6.07, 6.45) is 2.10. The third-order valence-corrected chi connectivity index (χ3v) is 11.1. The molecule has 4 aliphatic heterocycles. The van der Waals surface area contributed by atoms with E-state index in [1.54, 1.807) is 18.2 Å². The van der Waals surface area contributed by atoms with Crippen LogP contribution in [-0.2, 0) is 16.6 Å². The first-order chi connectivity index (χ1) is 24.1. The Balaban J connectivity index is 0.907. The van der Waals surface area contributed by atoms with Gasteiger partial charge < -0.3 is 20.1 Å². The average Bonchev–Trinajstić information content (AvgIpc) is 3.36. The number of nitrogens with one attached hydrogen (secondary N) is 1. The van der Waals surface area contributed by atoms with Crippen molar-refractivity contribution >= 4 is 74.4 Å². The molecule has 8 rings (SSSR count). The highest BCUT2D eigenvalue weighted by atomic mass is 35.5. The molecule has 2 aromatic heterocycles. The number of nitrogen functional groups attached to an aromatic ring is 1. The number of fused-ring (bicyclic) bond motifs is 3. The summed E-state index contributed by atoms with van der Waals surface area (Å²) in [6.45, 7) is 5.74. The highest BCUT2D eigenvalue weighted by molar-refractivity contribution is 6.35. The second-order valence-corrected chi connectivity index (χ2v) is 14.1. The Morgan fingerprint density at radius 2 is 1.58 bits per heavy atom. The molecular formula is C36H37ClN8O5. The molecule has 50 heavy (non-hydrogen) atoms. The number of benzene rings is 2. The van der Waals surface area contributed by atoms with Crippen molar-refractivity contribution in [2.45, 2.75) is 31.7 Å². The monoisotopic (exact) mass is 696 g/mol. The fourth-order valence-corrected chi connectivity index (χ4v) is 8.36. The summed E-state index contributed by atoms with van der Waals surface area (Å²) in [6, 6.07) is 11.7. The van der Waals surface area contributed by atoms with Gasteiger partial charge in [0.05, 0.1) is 43.9 Å². The van der Waals surface area contributed by atoms with Gasteiger partial charge >= 0.3 is 0 Å². The van der Waals surface area contributed by atoms with Gasteiger partial charge in [0.15, 0.2) is 0 Å². The van der Waals surface area contributed by atoms with E-state index >= 15 is 0 Å².